The van der Waals surface area contributed by atoms with Crippen LogP contribution < -0.4 is 11.1 Å². The highest BCUT2D eigenvalue weighted by molar-refractivity contribution is 5.75. The summed E-state index contributed by atoms with van der Waals surface area (Å²) in [5.41, 5.74) is 5.83. The number of rotatable bonds is 8. The molecule has 0 aliphatic carbocycles. The van der Waals surface area contributed by atoms with Crippen molar-refractivity contribution in [3.05, 3.63) is 0 Å². The first-order chi connectivity index (χ1) is 7.91. The average molecular weight is 244 g/mol. The van der Waals surface area contributed by atoms with Gasteiger partial charge in [-0.05, 0) is 30.7 Å². The lowest BCUT2D eigenvalue weighted by Gasteiger charge is -2.30. The van der Waals surface area contributed by atoms with E-state index in [9.17, 15) is 4.79 Å². The molecule has 1 amide bonds. The number of hydrogen-bond donors (Lipinski definition) is 2. The van der Waals surface area contributed by atoms with Gasteiger partial charge in [0.1, 0.15) is 0 Å². The first-order valence-electron chi connectivity index (χ1n) is 6.37. The molecular formula is C13H28N2O2. The van der Waals surface area contributed by atoms with E-state index in [4.69, 9.17) is 10.5 Å². The van der Waals surface area contributed by atoms with Crippen molar-refractivity contribution in [2.75, 3.05) is 26.8 Å². The van der Waals surface area contributed by atoms with Gasteiger partial charge in [-0.3, -0.25) is 4.79 Å². The molecule has 17 heavy (non-hydrogen) atoms. The van der Waals surface area contributed by atoms with Crippen LogP contribution in [0.25, 0.3) is 0 Å². The van der Waals surface area contributed by atoms with E-state index < -0.39 is 0 Å². The molecule has 0 aliphatic rings. The molecule has 102 valence electrons. The Kier molecular flexibility index (Phi) is 8.17. The first-order valence-corrected chi connectivity index (χ1v) is 6.37. The molecule has 4 heteroatoms. The quantitative estimate of drug-likeness (QED) is 0.637. The fourth-order valence-corrected chi connectivity index (χ4v) is 1.90. The van der Waals surface area contributed by atoms with Crippen LogP contribution in [0.3, 0.4) is 0 Å². The fraction of sp³-hybridized carbons (Fsp3) is 0.923. The van der Waals surface area contributed by atoms with Crippen molar-refractivity contribution in [2.24, 2.45) is 17.1 Å². The Labute approximate surface area is 105 Å². The third-order valence-electron chi connectivity index (χ3n) is 3.09. The maximum absolute atomic E-state index is 11.6. The van der Waals surface area contributed by atoms with Crippen molar-refractivity contribution in [3.63, 3.8) is 0 Å². The number of methoxy groups -OCH3 is 1. The highest BCUT2D eigenvalue weighted by Gasteiger charge is 2.24. The summed E-state index contributed by atoms with van der Waals surface area (Å²) in [6.07, 6.45) is 2.46. The number of hydrogen-bond acceptors (Lipinski definition) is 3. The summed E-state index contributed by atoms with van der Waals surface area (Å²) in [5.74, 6) is 0.606. The molecule has 0 aromatic carbocycles. The monoisotopic (exact) mass is 244 g/mol. The van der Waals surface area contributed by atoms with Gasteiger partial charge >= 0.3 is 0 Å². The Hall–Kier alpha value is -0.610. The Morgan fingerprint density at radius 2 is 2.00 bits per heavy atom. The van der Waals surface area contributed by atoms with Gasteiger partial charge in [0.05, 0.1) is 6.61 Å². The van der Waals surface area contributed by atoms with Crippen molar-refractivity contribution in [1.82, 2.24) is 5.32 Å². The Balaban J connectivity index is 3.92. The van der Waals surface area contributed by atoms with Gasteiger partial charge in [-0.2, -0.15) is 0 Å². The lowest BCUT2D eigenvalue weighted by molar-refractivity contribution is -0.121. The molecule has 0 rings (SSSR count). The predicted molar refractivity (Wildman–Crippen MR) is 70.7 cm³/mol. The average Bonchev–Trinajstić information content (AvgIpc) is 2.23. The van der Waals surface area contributed by atoms with E-state index in [0.29, 0.717) is 32.0 Å². The highest BCUT2D eigenvalue weighted by Crippen LogP contribution is 2.31. The van der Waals surface area contributed by atoms with E-state index in [0.717, 1.165) is 12.8 Å². The van der Waals surface area contributed by atoms with Gasteiger partial charge in [-0.15, -0.1) is 0 Å². The van der Waals surface area contributed by atoms with Crippen LogP contribution >= 0.6 is 0 Å². The lowest BCUT2D eigenvalue weighted by atomic mass is 9.76. The van der Waals surface area contributed by atoms with E-state index in [1.807, 2.05) is 0 Å². The van der Waals surface area contributed by atoms with Crippen molar-refractivity contribution in [1.29, 1.82) is 0 Å². The molecule has 4 nitrogen and oxygen atoms in total. The minimum atomic E-state index is 0.105. The second-order valence-electron chi connectivity index (χ2n) is 5.52. The number of carbonyl (C=O) groups excluding carboxylic acids is 1. The van der Waals surface area contributed by atoms with E-state index >= 15 is 0 Å². The largest absolute Gasteiger partial charge is 0.383 e. The summed E-state index contributed by atoms with van der Waals surface area (Å²) in [5, 5.41) is 2.84. The number of amides is 1. The SMILES string of the molecule is COCCNC(=O)CCC(CCN)C(C)(C)C. The van der Waals surface area contributed by atoms with Gasteiger partial charge < -0.3 is 15.8 Å². The van der Waals surface area contributed by atoms with Crippen LogP contribution in [-0.2, 0) is 9.53 Å². The molecule has 0 fully saturated rings. The van der Waals surface area contributed by atoms with E-state index in [1.165, 1.54) is 0 Å². The molecule has 0 bridgehead atoms. The topological polar surface area (TPSA) is 64.3 Å². The molecule has 0 heterocycles. The van der Waals surface area contributed by atoms with E-state index in [1.54, 1.807) is 7.11 Å². The second-order valence-corrected chi connectivity index (χ2v) is 5.52. The zero-order chi connectivity index (χ0) is 13.3. The van der Waals surface area contributed by atoms with Crippen LogP contribution in [0.4, 0.5) is 0 Å². The third-order valence-corrected chi connectivity index (χ3v) is 3.09. The van der Waals surface area contributed by atoms with Crippen LogP contribution in [0, 0.1) is 11.3 Å². The summed E-state index contributed by atoms with van der Waals surface area (Å²) < 4.78 is 4.88. The molecule has 0 aliphatic heterocycles. The molecule has 0 spiro atoms. The Bertz CT molecular complexity index is 212. The molecule has 0 saturated heterocycles. The van der Waals surface area contributed by atoms with Crippen molar-refractivity contribution < 1.29 is 9.53 Å². The molecule has 0 saturated carbocycles. The standard InChI is InChI=1S/C13H28N2O2/c1-13(2,3)11(7-8-14)5-6-12(16)15-9-10-17-4/h11H,5-10,14H2,1-4H3,(H,15,16). The minimum absolute atomic E-state index is 0.105. The van der Waals surface area contributed by atoms with Gasteiger partial charge in [0.2, 0.25) is 5.91 Å². The summed E-state index contributed by atoms with van der Waals surface area (Å²) in [6.45, 7) is 8.46. The zero-order valence-corrected chi connectivity index (χ0v) is 11.7. The number of carbonyl (C=O) groups is 1. The maximum Gasteiger partial charge on any atom is 0.220 e. The summed E-state index contributed by atoms with van der Waals surface area (Å²) in [4.78, 5) is 11.6. The fourth-order valence-electron chi connectivity index (χ4n) is 1.90. The van der Waals surface area contributed by atoms with Crippen LogP contribution in [-0.4, -0.2) is 32.7 Å². The smallest absolute Gasteiger partial charge is 0.220 e. The summed E-state index contributed by atoms with van der Waals surface area (Å²) >= 11 is 0. The maximum atomic E-state index is 11.6. The minimum Gasteiger partial charge on any atom is -0.383 e. The zero-order valence-electron chi connectivity index (χ0n) is 11.7. The van der Waals surface area contributed by atoms with Crippen LogP contribution in [0.1, 0.15) is 40.0 Å². The summed E-state index contributed by atoms with van der Waals surface area (Å²) in [7, 11) is 1.63. The van der Waals surface area contributed by atoms with Crippen LogP contribution in [0.5, 0.6) is 0 Å². The number of ether oxygens (including phenoxy) is 1. The van der Waals surface area contributed by atoms with Crippen molar-refractivity contribution >= 4 is 5.91 Å². The number of nitrogens with one attached hydrogen (secondary N) is 1. The van der Waals surface area contributed by atoms with Gasteiger partial charge in [-0.25, -0.2) is 0 Å². The van der Waals surface area contributed by atoms with Crippen molar-refractivity contribution in [2.45, 2.75) is 40.0 Å². The molecule has 0 radical (unpaired) electrons. The van der Waals surface area contributed by atoms with Crippen LogP contribution in [0.15, 0.2) is 0 Å². The third kappa shape index (κ3) is 8.16. The molecule has 3 N–H and O–H groups in total. The van der Waals surface area contributed by atoms with Gasteiger partial charge in [0, 0.05) is 20.1 Å². The Morgan fingerprint density at radius 3 is 2.47 bits per heavy atom. The van der Waals surface area contributed by atoms with Gasteiger partial charge in [0.15, 0.2) is 0 Å². The Morgan fingerprint density at radius 1 is 1.35 bits per heavy atom. The van der Waals surface area contributed by atoms with Gasteiger partial charge in [0.25, 0.3) is 0 Å². The molecule has 1 atom stereocenters. The normalized spacial score (nSPS) is 13.5. The molecule has 0 aromatic heterocycles. The lowest BCUT2D eigenvalue weighted by Crippen LogP contribution is -2.29. The van der Waals surface area contributed by atoms with E-state index in [-0.39, 0.29) is 11.3 Å². The predicted octanol–water partition coefficient (Wildman–Crippen LogP) is 1.54. The van der Waals surface area contributed by atoms with E-state index in [2.05, 4.69) is 26.1 Å². The molecule has 1 unspecified atom stereocenters. The first kappa shape index (κ1) is 16.4. The van der Waals surface area contributed by atoms with Gasteiger partial charge in [-0.1, -0.05) is 20.8 Å². The van der Waals surface area contributed by atoms with Crippen LogP contribution in [0.2, 0.25) is 0 Å². The second kappa shape index (κ2) is 8.48. The molecular weight excluding hydrogens is 216 g/mol. The highest BCUT2D eigenvalue weighted by atomic mass is 16.5. The van der Waals surface area contributed by atoms with Crippen molar-refractivity contribution in [3.8, 4) is 0 Å². The number of nitrogens with two attached hydrogens (primary N) is 1. The molecule has 0 aromatic rings. The summed E-state index contributed by atoms with van der Waals surface area (Å²) in [6, 6.07) is 0.